The van der Waals surface area contributed by atoms with Crippen LogP contribution in [0.25, 0.3) is 0 Å². The third-order valence-electron chi connectivity index (χ3n) is 7.71. The highest BCUT2D eigenvalue weighted by molar-refractivity contribution is 6.16. The summed E-state index contributed by atoms with van der Waals surface area (Å²) in [6.07, 6.45) is 2.10. The lowest BCUT2D eigenvalue weighted by atomic mass is 9.80. The van der Waals surface area contributed by atoms with Gasteiger partial charge in [0, 0.05) is 18.3 Å². The van der Waals surface area contributed by atoms with Crippen LogP contribution in [-0.2, 0) is 11.3 Å². The van der Waals surface area contributed by atoms with Gasteiger partial charge in [0.05, 0.1) is 6.04 Å². The summed E-state index contributed by atoms with van der Waals surface area (Å²) in [6, 6.07) is 14.0. The highest BCUT2D eigenvalue weighted by Gasteiger charge is 2.55. The summed E-state index contributed by atoms with van der Waals surface area (Å²) in [4.78, 5) is 33.7. The first-order chi connectivity index (χ1) is 17.9. The standard InChI is InChI=1S/C28H32F2N4O3/c1-19-17-28(14-15-33(19)27(36)37-18-20-8-3-2-4-9-20)25(31-24-13-6-5-12-23(24)30)32-26(35)34(28)22-11-7-10-21(29)16-22/h2-4,7-11,16,19,23-24H,5-6,12-15,17-18H2,1H3,(H,31,32,35)/t19-,23+,24+,28?/m0/s1. The zero-order valence-electron chi connectivity index (χ0n) is 20.9. The second-order valence-corrected chi connectivity index (χ2v) is 10.2. The quantitative estimate of drug-likeness (QED) is 0.582. The first kappa shape index (κ1) is 25.2. The van der Waals surface area contributed by atoms with E-state index in [1.807, 2.05) is 37.3 Å². The van der Waals surface area contributed by atoms with Crippen molar-refractivity contribution in [1.82, 2.24) is 10.2 Å². The Labute approximate surface area is 215 Å². The molecule has 3 aliphatic rings. The van der Waals surface area contributed by atoms with Crippen molar-refractivity contribution in [3.05, 3.63) is 66.0 Å². The van der Waals surface area contributed by atoms with Crippen LogP contribution in [0.5, 0.6) is 0 Å². The van der Waals surface area contributed by atoms with Gasteiger partial charge in [0.15, 0.2) is 0 Å². The van der Waals surface area contributed by atoms with Crippen molar-refractivity contribution in [2.24, 2.45) is 4.99 Å². The van der Waals surface area contributed by atoms with Crippen LogP contribution in [0.3, 0.4) is 0 Å². The molecule has 2 aromatic rings. The van der Waals surface area contributed by atoms with Crippen LogP contribution < -0.4 is 10.2 Å². The maximum absolute atomic E-state index is 14.8. The van der Waals surface area contributed by atoms with Gasteiger partial charge in [-0.25, -0.2) is 18.4 Å². The average molecular weight is 511 g/mol. The van der Waals surface area contributed by atoms with Crippen molar-refractivity contribution >= 4 is 23.6 Å². The number of hydrogen-bond donors (Lipinski definition) is 1. The van der Waals surface area contributed by atoms with Crippen molar-refractivity contribution in [2.75, 3.05) is 11.4 Å². The van der Waals surface area contributed by atoms with E-state index in [-0.39, 0.29) is 12.6 Å². The molecule has 2 aromatic carbocycles. The number of carbonyl (C=O) groups excluding carboxylic acids is 2. The minimum absolute atomic E-state index is 0.162. The minimum atomic E-state index is -1.03. The fourth-order valence-corrected chi connectivity index (χ4v) is 5.82. The van der Waals surface area contributed by atoms with Gasteiger partial charge in [-0.2, -0.15) is 4.99 Å². The molecule has 0 radical (unpaired) electrons. The molecule has 5 rings (SSSR count). The molecular formula is C28H32F2N4O3. The number of likely N-dealkylation sites (tertiary alicyclic amines) is 1. The molecule has 2 heterocycles. The number of benzene rings is 2. The number of aliphatic imine (C=N–C) groups is 1. The molecule has 1 spiro atoms. The summed E-state index contributed by atoms with van der Waals surface area (Å²) in [5.74, 6) is -0.0617. The molecule has 4 atom stereocenters. The number of anilines is 1. The molecule has 37 heavy (non-hydrogen) atoms. The van der Waals surface area contributed by atoms with Gasteiger partial charge >= 0.3 is 12.1 Å². The van der Waals surface area contributed by atoms with Gasteiger partial charge < -0.3 is 15.0 Å². The Morgan fingerprint density at radius 1 is 1.16 bits per heavy atom. The van der Waals surface area contributed by atoms with Crippen LogP contribution >= 0.6 is 0 Å². The summed E-state index contributed by atoms with van der Waals surface area (Å²) in [6.45, 7) is 2.36. The van der Waals surface area contributed by atoms with E-state index in [4.69, 9.17) is 4.74 Å². The molecule has 2 aliphatic heterocycles. The van der Waals surface area contributed by atoms with Crippen LogP contribution in [0.1, 0.15) is 51.0 Å². The van der Waals surface area contributed by atoms with E-state index in [1.54, 1.807) is 17.0 Å². The Morgan fingerprint density at radius 2 is 1.95 bits per heavy atom. The number of nitrogens with one attached hydrogen (secondary N) is 1. The maximum atomic E-state index is 14.8. The number of urea groups is 1. The van der Waals surface area contributed by atoms with Crippen molar-refractivity contribution < 1.29 is 23.1 Å². The number of ether oxygens (including phenoxy) is 1. The molecule has 3 amide bonds. The number of amides is 3. The van der Waals surface area contributed by atoms with E-state index in [0.29, 0.717) is 43.8 Å². The molecular weight excluding hydrogens is 478 g/mol. The second kappa shape index (κ2) is 10.5. The second-order valence-electron chi connectivity index (χ2n) is 10.2. The van der Waals surface area contributed by atoms with Gasteiger partial charge in [0.2, 0.25) is 0 Å². The van der Waals surface area contributed by atoms with Gasteiger partial charge in [0.1, 0.15) is 30.0 Å². The number of amidine groups is 1. The van der Waals surface area contributed by atoms with E-state index in [2.05, 4.69) is 10.3 Å². The SMILES string of the molecule is C[C@H]1CC2(CCN1C(=O)OCc1ccccc1)C(N[C@@H]1CCCC[C@H]1F)=NC(=O)N2c1cccc(F)c1. The summed E-state index contributed by atoms with van der Waals surface area (Å²) in [7, 11) is 0. The maximum Gasteiger partial charge on any atom is 0.410 e. The number of carbonyl (C=O) groups is 2. The van der Waals surface area contributed by atoms with Crippen LogP contribution in [-0.4, -0.2) is 53.2 Å². The predicted octanol–water partition coefficient (Wildman–Crippen LogP) is 5.59. The normalized spacial score (nSPS) is 27.8. The lowest BCUT2D eigenvalue weighted by Crippen LogP contribution is -2.65. The van der Waals surface area contributed by atoms with E-state index >= 15 is 0 Å². The number of alkyl halides is 1. The predicted molar refractivity (Wildman–Crippen MR) is 137 cm³/mol. The van der Waals surface area contributed by atoms with Gasteiger partial charge in [-0.15, -0.1) is 0 Å². The molecule has 7 nitrogen and oxygen atoms in total. The van der Waals surface area contributed by atoms with Crippen LogP contribution in [0.4, 0.5) is 24.1 Å². The molecule has 0 aromatic heterocycles. The van der Waals surface area contributed by atoms with Crippen molar-refractivity contribution in [3.63, 3.8) is 0 Å². The largest absolute Gasteiger partial charge is 0.445 e. The summed E-state index contributed by atoms with van der Waals surface area (Å²) in [5.41, 5.74) is 0.332. The van der Waals surface area contributed by atoms with Crippen molar-refractivity contribution in [1.29, 1.82) is 0 Å². The molecule has 1 saturated heterocycles. The topological polar surface area (TPSA) is 74.2 Å². The Balaban J connectivity index is 1.39. The molecule has 9 heteroatoms. The van der Waals surface area contributed by atoms with Gasteiger partial charge in [0.25, 0.3) is 0 Å². The fraction of sp³-hybridized carbons (Fsp3) is 0.464. The van der Waals surface area contributed by atoms with Crippen molar-refractivity contribution in [3.8, 4) is 0 Å². The van der Waals surface area contributed by atoms with E-state index in [0.717, 1.165) is 18.4 Å². The smallest absolute Gasteiger partial charge is 0.410 e. The lowest BCUT2D eigenvalue weighted by Gasteiger charge is -2.48. The Hall–Kier alpha value is -3.49. The van der Waals surface area contributed by atoms with Crippen LogP contribution in [0.15, 0.2) is 59.6 Å². The highest BCUT2D eigenvalue weighted by Crippen LogP contribution is 2.41. The summed E-state index contributed by atoms with van der Waals surface area (Å²) < 4.78 is 34.5. The van der Waals surface area contributed by atoms with E-state index < -0.39 is 35.7 Å². The van der Waals surface area contributed by atoms with E-state index in [9.17, 15) is 18.4 Å². The zero-order valence-corrected chi connectivity index (χ0v) is 20.9. The number of rotatable bonds is 4. The third-order valence-corrected chi connectivity index (χ3v) is 7.71. The van der Waals surface area contributed by atoms with E-state index in [1.165, 1.54) is 17.0 Å². The number of hydrogen-bond acceptors (Lipinski definition) is 4. The molecule has 2 fully saturated rings. The third kappa shape index (κ3) is 5.04. The van der Waals surface area contributed by atoms with Crippen molar-refractivity contribution in [2.45, 2.75) is 75.8 Å². The molecule has 0 bridgehead atoms. The first-order valence-electron chi connectivity index (χ1n) is 12.9. The molecule has 1 N–H and O–H groups in total. The van der Waals surface area contributed by atoms with Gasteiger partial charge in [-0.1, -0.05) is 49.2 Å². The van der Waals surface area contributed by atoms with Gasteiger partial charge in [-0.3, -0.25) is 4.90 Å². The van der Waals surface area contributed by atoms with Crippen LogP contribution in [0.2, 0.25) is 0 Å². The van der Waals surface area contributed by atoms with Gasteiger partial charge in [-0.05, 0) is 56.4 Å². The lowest BCUT2D eigenvalue weighted by molar-refractivity contribution is 0.0640. The van der Waals surface area contributed by atoms with Crippen LogP contribution in [0, 0.1) is 5.82 Å². The minimum Gasteiger partial charge on any atom is -0.445 e. The fourth-order valence-electron chi connectivity index (χ4n) is 5.82. The highest BCUT2D eigenvalue weighted by atomic mass is 19.1. The Kier molecular flexibility index (Phi) is 7.13. The monoisotopic (exact) mass is 510 g/mol. The average Bonchev–Trinajstić information content (AvgIpc) is 3.14. The molecule has 1 aliphatic carbocycles. The number of nitrogens with zero attached hydrogens (tertiary/aromatic N) is 3. The Bertz CT molecular complexity index is 1180. The number of piperidine rings is 1. The first-order valence-corrected chi connectivity index (χ1v) is 12.9. The summed E-state index contributed by atoms with van der Waals surface area (Å²) >= 11 is 0. The summed E-state index contributed by atoms with van der Waals surface area (Å²) in [5, 5.41) is 3.27. The molecule has 196 valence electrons. The molecule has 1 saturated carbocycles. The molecule has 1 unspecified atom stereocenters. The zero-order chi connectivity index (χ0) is 26.0. The Morgan fingerprint density at radius 3 is 2.68 bits per heavy atom. The number of halogens is 2.